The number of aromatic hydroxyl groups is 1. The van der Waals surface area contributed by atoms with E-state index in [-0.39, 0.29) is 28.9 Å². The number of hydrogen-bond acceptors (Lipinski definition) is 3. The van der Waals surface area contributed by atoms with Gasteiger partial charge in [-0.3, -0.25) is 4.79 Å². The van der Waals surface area contributed by atoms with Gasteiger partial charge in [0, 0.05) is 25.1 Å². The lowest BCUT2D eigenvalue weighted by atomic mass is 9.51. The van der Waals surface area contributed by atoms with Crippen LogP contribution < -0.4 is 4.90 Å². The number of amides is 1. The molecule has 0 radical (unpaired) electrons. The molecule has 0 bridgehead atoms. The Kier molecular flexibility index (Phi) is 11.7. The van der Waals surface area contributed by atoms with Gasteiger partial charge in [0.25, 0.3) is 0 Å². The highest BCUT2D eigenvalue weighted by Gasteiger charge is 2.59. The minimum atomic E-state index is -0.962. The molecular weight excluding hydrogens is 609 g/mol. The van der Waals surface area contributed by atoms with E-state index < -0.39 is 12.3 Å². The molecule has 3 aromatic carbocycles. The molecule has 0 unspecified atom stereocenters. The van der Waals surface area contributed by atoms with Crippen LogP contribution in [-0.2, 0) is 17.6 Å². The first kappa shape index (κ1) is 35.9. The molecule has 266 valence electrons. The van der Waals surface area contributed by atoms with E-state index in [0.29, 0.717) is 18.3 Å². The number of nitrogens with zero attached hydrogens (tertiary/aromatic N) is 1. The highest BCUT2D eigenvalue weighted by molar-refractivity contribution is 5.98. The quantitative estimate of drug-likeness (QED) is 0.158. The van der Waals surface area contributed by atoms with Gasteiger partial charge < -0.3 is 15.1 Å². The van der Waals surface area contributed by atoms with E-state index in [2.05, 4.69) is 50.2 Å². The summed E-state index contributed by atoms with van der Waals surface area (Å²) >= 11 is 0. The summed E-state index contributed by atoms with van der Waals surface area (Å²) in [4.78, 5) is 15.0. The number of hydrogen-bond donors (Lipinski definition) is 2. The maximum atomic E-state index is 16.2. The minimum Gasteiger partial charge on any atom is -0.508 e. The maximum absolute atomic E-state index is 16.2. The molecule has 3 aliphatic carbocycles. The Morgan fingerprint density at radius 1 is 0.939 bits per heavy atom. The molecule has 6 rings (SSSR count). The number of unbranched alkanes of at least 4 members (excludes halogenated alkanes) is 8. The van der Waals surface area contributed by atoms with Gasteiger partial charge in [0.05, 0.1) is 6.10 Å². The number of carbonyl (C=O) groups excluding carboxylic acids is 1. The van der Waals surface area contributed by atoms with Crippen LogP contribution in [0.5, 0.6) is 5.75 Å². The van der Waals surface area contributed by atoms with Crippen LogP contribution in [0.3, 0.4) is 0 Å². The number of phenolic OH excluding ortho intramolecular Hbond substituents is 1. The van der Waals surface area contributed by atoms with Crippen molar-refractivity contribution in [2.45, 2.75) is 142 Å². The minimum absolute atomic E-state index is 0.120. The summed E-state index contributed by atoms with van der Waals surface area (Å²) in [6.07, 6.45) is 15.3. The Balaban J connectivity index is 1.11. The Bertz CT molecular complexity index is 1570. The number of alkyl halides is 1. The van der Waals surface area contributed by atoms with Gasteiger partial charge in [0.1, 0.15) is 11.9 Å². The summed E-state index contributed by atoms with van der Waals surface area (Å²) in [6.45, 7) is 6.86. The average Bonchev–Trinajstić information content (AvgIpc) is 3.38. The van der Waals surface area contributed by atoms with Crippen LogP contribution in [0.15, 0.2) is 54.6 Å². The van der Waals surface area contributed by atoms with E-state index in [1.54, 1.807) is 13.0 Å². The predicted octanol–water partition coefficient (Wildman–Crippen LogP) is 10.8. The summed E-state index contributed by atoms with van der Waals surface area (Å²) in [6, 6.07) is 18.5. The third-order valence-electron chi connectivity index (χ3n) is 12.9. The molecule has 7 atom stereocenters. The van der Waals surface area contributed by atoms with Crippen molar-refractivity contribution in [2.75, 3.05) is 11.4 Å². The highest BCUT2D eigenvalue weighted by Crippen LogP contribution is 2.63. The van der Waals surface area contributed by atoms with E-state index in [1.165, 1.54) is 42.0 Å². The fraction of sp³-hybridized carbons (Fsp3) is 0.614. The number of aliphatic hydroxyl groups is 1. The van der Waals surface area contributed by atoms with Crippen molar-refractivity contribution >= 4 is 22.4 Å². The summed E-state index contributed by atoms with van der Waals surface area (Å²) < 4.78 is 16.2. The number of rotatable bonds is 15. The largest absolute Gasteiger partial charge is 0.508 e. The Hall–Kier alpha value is -2.92. The Morgan fingerprint density at radius 2 is 1.69 bits per heavy atom. The van der Waals surface area contributed by atoms with Crippen molar-refractivity contribution in [1.82, 2.24) is 0 Å². The molecule has 1 amide bonds. The van der Waals surface area contributed by atoms with Gasteiger partial charge in [-0.05, 0) is 120 Å². The molecule has 3 aliphatic rings. The molecule has 5 heteroatoms. The molecular formula is C44H60FNO3. The first-order chi connectivity index (χ1) is 23.7. The second-order valence-electron chi connectivity index (χ2n) is 16.1. The van der Waals surface area contributed by atoms with E-state index in [1.807, 2.05) is 17.0 Å². The predicted molar refractivity (Wildman–Crippen MR) is 200 cm³/mol. The van der Waals surface area contributed by atoms with Gasteiger partial charge in [0.2, 0.25) is 5.91 Å². The summed E-state index contributed by atoms with van der Waals surface area (Å²) in [5, 5.41) is 23.8. The molecule has 2 fully saturated rings. The number of carbonyl (C=O) groups is 1. The lowest BCUT2D eigenvalue weighted by Crippen LogP contribution is -2.51. The molecule has 0 spiro atoms. The third-order valence-corrected chi connectivity index (χ3v) is 12.9. The standard InChI is InChI=1S/C44H60FNO3/c1-4-5-6-7-10-15-26-46(30(2)47)40-24-20-31-16-13-14-18-35(31)37(40)19-12-9-8-11-17-32-27-33-28-34(48)21-22-36(33)43-39(45)29-44(3)38(42(32)43)23-25-41(44)49/h13-14,16,18,20-22,24,28,32,38-39,41-43,48-49H,4-12,15,17,19,23,25-27,29H2,1-3H3/t32-,38+,39+,41+,42+,43+,44+/m1/s1. The van der Waals surface area contributed by atoms with Crippen LogP contribution in [0.2, 0.25) is 0 Å². The number of benzene rings is 3. The Labute approximate surface area is 294 Å². The van der Waals surface area contributed by atoms with Crippen LogP contribution in [-0.4, -0.2) is 34.9 Å². The van der Waals surface area contributed by atoms with Crippen LogP contribution in [0.4, 0.5) is 10.1 Å². The number of anilines is 1. The zero-order valence-electron chi connectivity index (χ0n) is 30.3. The number of aliphatic hydroxyl groups excluding tert-OH is 1. The molecule has 0 heterocycles. The molecule has 49 heavy (non-hydrogen) atoms. The maximum Gasteiger partial charge on any atom is 0.223 e. The van der Waals surface area contributed by atoms with Gasteiger partial charge in [-0.15, -0.1) is 0 Å². The topological polar surface area (TPSA) is 60.8 Å². The molecule has 3 aromatic rings. The van der Waals surface area contributed by atoms with Crippen molar-refractivity contribution in [3.63, 3.8) is 0 Å². The van der Waals surface area contributed by atoms with E-state index in [0.717, 1.165) is 94.0 Å². The van der Waals surface area contributed by atoms with Crippen molar-refractivity contribution in [2.24, 2.45) is 23.2 Å². The zero-order chi connectivity index (χ0) is 34.5. The molecule has 0 aliphatic heterocycles. The monoisotopic (exact) mass is 669 g/mol. The van der Waals surface area contributed by atoms with E-state index in [9.17, 15) is 15.0 Å². The van der Waals surface area contributed by atoms with E-state index in [4.69, 9.17) is 0 Å². The summed E-state index contributed by atoms with van der Waals surface area (Å²) in [5.41, 5.74) is 4.25. The molecule has 2 saturated carbocycles. The van der Waals surface area contributed by atoms with Gasteiger partial charge in [-0.2, -0.15) is 0 Å². The van der Waals surface area contributed by atoms with Gasteiger partial charge in [0.15, 0.2) is 0 Å². The number of phenols is 1. The smallest absolute Gasteiger partial charge is 0.223 e. The van der Waals surface area contributed by atoms with Crippen LogP contribution in [0.25, 0.3) is 10.8 Å². The lowest BCUT2D eigenvalue weighted by Gasteiger charge is -2.54. The lowest BCUT2D eigenvalue weighted by molar-refractivity contribution is -0.116. The van der Waals surface area contributed by atoms with Crippen LogP contribution in [0, 0.1) is 23.2 Å². The summed E-state index contributed by atoms with van der Waals surface area (Å²) in [5.74, 6) is 1.20. The average molecular weight is 670 g/mol. The number of fused-ring (bicyclic) bond motifs is 6. The van der Waals surface area contributed by atoms with Crippen molar-refractivity contribution in [3.05, 3.63) is 71.3 Å². The fourth-order valence-corrected chi connectivity index (χ4v) is 10.4. The van der Waals surface area contributed by atoms with Gasteiger partial charge >= 0.3 is 0 Å². The SMILES string of the molecule is CCCCCCCCN(C(C)=O)c1ccc2ccccc2c1CCCCCC[C@@H]1Cc2cc(O)ccc2[C@@H]2[C@@H]1[C@@H]1CC[C@H](O)[C@@]1(C)C[C@@H]2F. The fourth-order valence-electron chi connectivity index (χ4n) is 10.4. The van der Waals surface area contributed by atoms with Gasteiger partial charge in [-0.1, -0.05) is 102 Å². The van der Waals surface area contributed by atoms with E-state index >= 15 is 4.39 Å². The number of aryl methyl sites for hydroxylation is 1. The normalized spacial score (nSPS) is 27.4. The summed E-state index contributed by atoms with van der Waals surface area (Å²) in [7, 11) is 0. The number of halogens is 1. The zero-order valence-corrected chi connectivity index (χ0v) is 30.3. The molecule has 0 saturated heterocycles. The molecule has 4 nitrogen and oxygen atoms in total. The van der Waals surface area contributed by atoms with Crippen molar-refractivity contribution in [3.8, 4) is 5.75 Å². The third kappa shape index (κ3) is 7.58. The molecule has 0 aromatic heterocycles. The molecule has 2 N–H and O–H groups in total. The van der Waals surface area contributed by atoms with Crippen LogP contribution >= 0.6 is 0 Å². The highest BCUT2D eigenvalue weighted by atomic mass is 19.1. The van der Waals surface area contributed by atoms with Crippen molar-refractivity contribution in [1.29, 1.82) is 0 Å². The van der Waals surface area contributed by atoms with Crippen LogP contribution in [0.1, 0.15) is 133 Å². The Morgan fingerprint density at radius 3 is 2.51 bits per heavy atom. The second kappa shape index (κ2) is 16.0. The first-order valence-corrected chi connectivity index (χ1v) is 19.7. The second-order valence-corrected chi connectivity index (χ2v) is 16.1. The first-order valence-electron chi connectivity index (χ1n) is 19.7. The van der Waals surface area contributed by atoms with Gasteiger partial charge in [-0.25, -0.2) is 4.39 Å². The van der Waals surface area contributed by atoms with Crippen molar-refractivity contribution < 1.29 is 19.4 Å².